The van der Waals surface area contributed by atoms with Gasteiger partial charge in [0.1, 0.15) is 30.2 Å². The van der Waals surface area contributed by atoms with Crippen LogP contribution in [0.25, 0.3) is 0 Å². The van der Waals surface area contributed by atoms with Crippen LogP contribution in [-0.2, 0) is 19.1 Å². The number of esters is 1. The zero-order valence-corrected chi connectivity index (χ0v) is 18.5. The van der Waals surface area contributed by atoms with Crippen LogP contribution in [0.1, 0.15) is 74.8 Å². The molecule has 2 amide bonds. The maximum Gasteiger partial charge on any atom is 0.407 e. The van der Waals surface area contributed by atoms with E-state index in [0.717, 1.165) is 30.7 Å². The first-order chi connectivity index (χ1) is 14.1. The van der Waals surface area contributed by atoms with Gasteiger partial charge in [0.05, 0.1) is 5.01 Å². The van der Waals surface area contributed by atoms with Crippen LogP contribution in [-0.4, -0.2) is 53.5 Å². The van der Waals surface area contributed by atoms with Gasteiger partial charge >= 0.3 is 12.1 Å². The molecule has 1 aromatic heterocycles. The average molecular weight is 440 g/mol. The molecule has 0 aliphatic heterocycles. The van der Waals surface area contributed by atoms with Gasteiger partial charge in [0, 0.05) is 24.3 Å². The second-order valence-electron chi connectivity index (χ2n) is 8.28. The third-order valence-electron chi connectivity index (χ3n) is 4.50. The van der Waals surface area contributed by atoms with Crippen molar-refractivity contribution < 1.29 is 28.7 Å². The molecule has 2 N–H and O–H groups in total. The highest BCUT2D eigenvalue weighted by molar-refractivity contribution is 7.09. The number of ether oxygens (including phenoxy) is 2. The summed E-state index contributed by atoms with van der Waals surface area (Å²) < 4.78 is 10.1. The van der Waals surface area contributed by atoms with Gasteiger partial charge < -0.3 is 24.9 Å². The van der Waals surface area contributed by atoms with Crippen molar-refractivity contribution in [3.63, 3.8) is 0 Å². The van der Waals surface area contributed by atoms with Crippen LogP contribution in [0, 0.1) is 0 Å². The van der Waals surface area contributed by atoms with Crippen LogP contribution < -0.4 is 10.6 Å². The van der Waals surface area contributed by atoms with Gasteiger partial charge in [-0.2, -0.15) is 0 Å². The fourth-order valence-electron chi connectivity index (χ4n) is 3.10. The Bertz CT molecular complexity index is 765. The van der Waals surface area contributed by atoms with E-state index in [2.05, 4.69) is 15.6 Å². The van der Waals surface area contributed by atoms with E-state index in [1.807, 2.05) is 20.8 Å². The van der Waals surface area contributed by atoms with Crippen molar-refractivity contribution >= 4 is 35.6 Å². The summed E-state index contributed by atoms with van der Waals surface area (Å²) in [6.07, 6.45) is 3.42. The van der Waals surface area contributed by atoms with Crippen LogP contribution in [0.4, 0.5) is 4.79 Å². The zero-order valence-electron chi connectivity index (χ0n) is 17.7. The molecule has 1 fully saturated rings. The molecule has 1 heterocycles. The fraction of sp³-hybridized carbons (Fsp3) is 0.650. The van der Waals surface area contributed by atoms with Crippen LogP contribution in [0.2, 0.25) is 0 Å². The summed E-state index contributed by atoms with van der Waals surface area (Å²) in [4.78, 5) is 50.6. The van der Waals surface area contributed by atoms with E-state index in [9.17, 15) is 19.2 Å². The number of aromatic nitrogens is 1. The lowest BCUT2D eigenvalue weighted by atomic mass is 9.86. The highest BCUT2D eigenvalue weighted by atomic mass is 32.1. The molecule has 0 aromatic carbocycles. The molecule has 0 spiro atoms. The third kappa shape index (κ3) is 7.74. The fourth-order valence-corrected chi connectivity index (χ4v) is 4.07. The predicted octanol–water partition coefficient (Wildman–Crippen LogP) is 2.55. The van der Waals surface area contributed by atoms with Gasteiger partial charge in [0.25, 0.3) is 5.91 Å². The molecule has 0 saturated heterocycles. The molecule has 2 rings (SSSR count). The van der Waals surface area contributed by atoms with Crippen molar-refractivity contribution in [3.05, 3.63) is 16.1 Å². The van der Waals surface area contributed by atoms with E-state index in [0.29, 0.717) is 6.29 Å². The zero-order chi connectivity index (χ0) is 22.3. The number of amides is 2. The first-order valence-corrected chi connectivity index (χ1v) is 10.8. The van der Waals surface area contributed by atoms with E-state index < -0.39 is 29.6 Å². The first kappa shape index (κ1) is 23.8. The molecule has 9 nitrogen and oxygen atoms in total. The normalized spacial score (nSPS) is 20.0. The summed E-state index contributed by atoms with van der Waals surface area (Å²) in [7, 11) is 0. The number of carbonyl (C=O) groups excluding carboxylic acids is 4. The van der Waals surface area contributed by atoms with Crippen molar-refractivity contribution in [1.29, 1.82) is 0 Å². The number of rotatable bonds is 7. The summed E-state index contributed by atoms with van der Waals surface area (Å²) in [5.74, 6) is -0.790. The quantitative estimate of drug-likeness (QED) is 0.494. The third-order valence-corrected chi connectivity index (χ3v) is 5.51. The van der Waals surface area contributed by atoms with E-state index in [1.165, 1.54) is 18.3 Å². The number of carbonyl (C=O) groups is 4. The Kier molecular flexibility index (Phi) is 8.33. The Morgan fingerprint density at radius 3 is 2.50 bits per heavy atom. The monoisotopic (exact) mass is 439 g/mol. The lowest BCUT2D eigenvalue weighted by Gasteiger charge is -2.29. The number of nitrogens with one attached hydrogen (secondary N) is 2. The van der Waals surface area contributed by atoms with Crippen molar-refractivity contribution in [2.24, 2.45) is 0 Å². The highest BCUT2D eigenvalue weighted by Gasteiger charge is 2.27. The van der Waals surface area contributed by atoms with Crippen LogP contribution in [0.3, 0.4) is 0 Å². The molecule has 1 aromatic rings. The molecule has 10 heteroatoms. The summed E-state index contributed by atoms with van der Waals surface area (Å²) in [5, 5.41) is 7.92. The maximum absolute atomic E-state index is 12.3. The molecular formula is C20H29N3O6S. The van der Waals surface area contributed by atoms with Gasteiger partial charge in [-0.15, -0.1) is 11.3 Å². The van der Waals surface area contributed by atoms with Crippen molar-refractivity contribution in [1.82, 2.24) is 15.6 Å². The SMILES string of the molecule is CC(=O)OCC(C=O)NC(=O)c1csc(C2CCC(NC(=O)OC(C)(C)C)CC2)n1. The van der Waals surface area contributed by atoms with Crippen LogP contribution >= 0.6 is 11.3 Å². The number of aldehydes is 1. The predicted molar refractivity (Wildman–Crippen MR) is 110 cm³/mol. The lowest BCUT2D eigenvalue weighted by Crippen LogP contribution is -2.40. The largest absolute Gasteiger partial charge is 0.463 e. The second kappa shape index (κ2) is 10.5. The molecule has 166 valence electrons. The Hall–Kier alpha value is -2.49. The topological polar surface area (TPSA) is 124 Å². The molecule has 1 aliphatic rings. The van der Waals surface area contributed by atoms with E-state index in [-0.39, 0.29) is 24.3 Å². The highest BCUT2D eigenvalue weighted by Crippen LogP contribution is 2.34. The number of nitrogens with zero attached hydrogens (tertiary/aromatic N) is 1. The van der Waals surface area contributed by atoms with Gasteiger partial charge in [0.2, 0.25) is 0 Å². The van der Waals surface area contributed by atoms with Gasteiger partial charge in [-0.1, -0.05) is 0 Å². The molecule has 30 heavy (non-hydrogen) atoms. The minimum atomic E-state index is -0.916. The first-order valence-electron chi connectivity index (χ1n) is 9.92. The van der Waals surface area contributed by atoms with Gasteiger partial charge in [-0.05, 0) is 46.5 Å². The van der Waals surface area contributed by atoms with Crippen LogP contribution in [0.15, 0.2) is 5.38 Å². The number of hydrogen-bond donors (Lipinski definition) is 2. The molecule has 1 aliphatic carbocycles. The van der Waals surface area contributed by atoms with E-state index in [4.69, 9.17) is 9.47 Å². The van der Waals surface area contributed by atoms with Crippen molar-refractivity contribution in [3.8, 4) is 0 Å². The molecule has 0 bridgehead atoms. The number of hydrogen-bond acceptors (Lipinski definition) is 8. The molecule has 1 atom stereocenters. The number of alkyl carbamates (subject to hydrolysis) is 1. The van der Waals surface area contributed by atoms with Crippen molar-refractivity contribution in [2.45, 2.75) is 77.0 Å². The summed E-state index contributed by atoms with van der Waals surface area (Å²) >= 11 is 1.40. The minimum absolute atomic E-state index is 0.0634. The van der Waals surface area contributed by atoms with Crippen molar-refractivity contribution in [2.75, 3.05) is 6.61 Å². The Morgan fingerprint density at radius 2 is 1.93 bits per heavy atom. The summed E-state index contributed by atoms with van der Waals surface area (Å²) in [6, 6.07) is -0.852. The minimum Gasteiger partial charge on any atom is -0.463 e. The molecular weight excluding hydrogens is 410 g/mol. The maximum atomic E-state index is 12.3. The smallest absolute Gasteiger partial charge is 0.407 e. The Morgan fingerprint density at radius 1 is 1.27 bits per heavy atom. The van der Waals surface area contributed by atoms with Crippen LogP contribution in [0.5, 0.6) is 0 Å². The second-order valence-corrected chi connectivity index (χ2v) is 9.17. The molecule has 1 unspecified atom stereocenters. The molecule has 0 radical (unpaired) electrons. The van der Waals surface area contributed by atoms with Gasteiger partial charge in [-0.3, -0.25) is 9.59 Å². The van der Waals surface area contributed by atoms with E-state index in [1.54, 1.807) is 5.38 Å². The number of thiazole rings is 1. The Balaban J connectivity index is 1.84. The Labute approximate surface area is 179 Å². The molecule has 1 saturated carbocycles. The lowest BCUT2D eigenvalue weighted by molar-refractivity contribution is -0.141. The van der Waals surface area contributed by atoms with Gasteiger partial charge in [-0.25, -0.2) is 9.78 Å². The van der Waals surface area contributed by atoms with Gasteiger partial charge in [0.15, 0.2) is 0 Å². The standard InChI is InChI=1S/C20H29N3O6S/c1-12(25)28-10-15(9-24)21-17(26)16-11-30-18(23-16)13-5-7-14(8-6-13)22-19(27)29-20(2,3)4/h9,11,13-15H,5-8,10H2,1-4H3,(H,21,26)(H,22,27). The average Bonchev–Trinajstić information content (AvgIpc) is 3.14. The summed E-state index contributed by atoms with van der Waals surface area (Å²) in [6.45, 7) is 6.50. The van der Waals surface area contributed by atoms with E-state index >= 15 is 0 Å². The summed E-state index contributed by atoms with van der Waals surface area (Å²) in [5.41, 5.74) is -0.293.